The number of amides is 2. The van der Waals surface area contributed by atoms with Crippen molar-refractivity contribution in [1.29, 1.82) is 0 Å². The van der Waals surface area contributed by atoms with E-state index in [1.165, 1.54) is 6.42 Å². The van der Waals surface area contributed by atoms with Crippen molar-refractivity contribution in [2.75, 3.05) is 7.11 Å². The maximum absolute atomic E-state index is 14.1. The monoisotopic (exact) mass is 509 g/mol. The number of H-pyrrole nitrogens is 1. The van der Waals surface area contributed by atoms with Gasteiger partial charge in [-0.3, -0.25) is 9.59 Å². The second-order valence-electron chi connectivity index (χ2n) is 10.1. The van der Waals surface area contributed by atoms with Gasteiger partial charge < -0.3 is 19.9 Å². The Bertz CT molecular complexity index is 1380. The molecule has 0 bridgehead atoms. The highest BCUT2D eigenvalue weighted by Crippen LogP contribution is 2.28. The number of rotatable bonds is 9. The van der Waals surface area contributed by atoms with E-state index >= 15 is 0 Å². The number of carbonyl (C=O) groups is 2. The lowest BCUT2D eigenvalue weighted by Gasteiger charge is -2.33. The molecule has 1 aromatic heterocycles. The molecule has 4 aromatic rings. The first-order valence-electron chi connectivity index (χ1n) is 13.4. The number of carbonyl (C=O) groups excluding carboxylic acids is 2. The van der Waals surface area contributed by atoms with Crippen LogP contribution >= 0.6 is 0 Å². The van der Waals surface area contributed by atoms with Crippen LogP contribution in [0.15, 0.2) is 85.1 Å². The first kappa shape index (κ1) is 25.6. The molecule has 196 valence electrons. The SMILES string of the molecule is COc1cccc(CN(C(=O)Cc2c[nH]c3ccccc23)[C@@H](C(=O)NC2CCCCC2)c2ccccc2)c1. The largest absolute Gasteiger partial charge is 0.497 e. The highest BCUT2D eigenvalue weighted by Gasteiger charge is 2.33. The van der Waals surface area contributed by atoms with Crippen LogP contribution in [0, 0.1) is 0 Å². The molecule has 0 radical (unpaired) electrons. The molecular formula is C32H35N3O3. The minimum Gasteiger partial charge on any atom is -0.497 e. The molecule has 1 aliphatic rings. The van der Waals surface area contributed by atoms with Gasteiger partial charge in [-0.2, -0.15) is 0 Å². The molecule has 5 rings (SSSR count). The van der Waals surface area contributed by atoms with Crippen LogP contribution in [0.25, 0.3) is 10.9 Å². The number of fused-ring (bicyclic) bond motifs is 1. The van der Waals surface area contributed by atoms with Crippen LogP contribution in [-0.2, 0) is 22.6 Å². The van der Waals surface area contributed by atoms with Crippen molar-refractivity contribution in [3.05, 3.63) is 102 Å². The normalized spacial score (nSPS) is 14.7. The van der Waals surface area contributed by atoms with Crippen molar-refractivity contribution in [3.8, 4) is 5.75 Å². The second kappa shape index (κ2) is 12.0. The fraction of sp³-hybridized carbons (Fsp3) is 0.312. The van der Waals surface area contributed by atoms with Gasteiger partial charge in [0.1, 0.15) is 11.8 Å². The highest BCUT2D eigenvalue weighted by atomic mass is 16.5. The van der Waals surface area contributed by atoms with E-state index < -0.39 is 6.04 Å². The summed E-state index contributed by atoms with van der Waals surface area (Å²) in [5, 5.41) is 4.30. The third-order valence-electron chi connectivity index (χ3n) is 7.45. The number of nitrogens with one attached hydrogen (secondary N) is 2. The predicted octanol–water partition coefficient (Wildman–Crippen LogP) is 5.94. The van der Waals surface area contributed by atoms with Crippen molar-refractivity contribution in [1.82, 2.24) is 15.2 Å². The van der Waals surface area contributed by atoms with E-state index in [9.17, 15) is 9.59 Å². The zero-order chi connectivity index (χ0) is 26.3. The number of aromatic nitrogens is 1. The van der Waals surface area contributed by atoms with Crippen molar-refractivity contribution in [2.24, 2.45) is 0 Å². The number of benzene rings is 3. The van der Waals surface area contributed by atoms with Gasteiger partial charge >= 0.3 is 0 Å². The molecule has 6 heteroatoms. The number of para-hydroxylation sites is 1. The summed E-state index contributed by atoms with van der Waals surface area (Å²) in [4.78, 5) is 33.1. The molecule has 1 heterocycles. The molecule has 3 aromatic carbocycles. The Morgan fingerprint density at radius 2 is 1.74 bits per heavy atom. The van der Waals surface area contributed by atoms with Gasteiger partial charge in [-0.05, 0) is 47.7 Å². The quantitative estimate of drug-likeness (QED) is 0.293. The van der Waals surface area contributed by atoms with E-state index in [0.717, 1.165) is 59.0 Å². The fourth-order valence-electron chi connectivity index (χ4n) is 5.47. The van der Waals surface area contributed by atoms with Gasteiger partial charge in [-0.25, -0.2) is 0 Å². The molecule has 0 saturated heterocycles. The van der Waals surface area contributed by atoms with Crippen LogP contribution in [0.3, 0.4) is 0 Å². The van der Waals surface area contributed by atoms with Gasteiger partial charge in [0.2, 0.25) is 11.8 Å². The molecular weight excluding hydrogens is 474 g/mol. The predicted molar refractivity (Wildman–Crippen MR) is 150 cm³/mol. The Hall–Kier alpha value is -4.06. The van der Waals surface area contributed by atoms with Crippen molar-refractivity contribution in [2.45, 2.75) is 57.2 Å². The average molecular weight is 510 g/mol. The third kappa shape index (κ3) is 5.91. The molecule has 6 nitrogen and oxygen atoms in total. The number of hydrogen-bond acceptors (Lipinski definition) is 3. The number of aromatic amines is 1. The van der Waals surface area contributed by atoms with E-state index in [0.29, 0.717) is 0 Å². The van der Waals surface area contributed by atoms with Gasteiger partial charge in [0.15, 0.2) is 0 Å². The summed E-state index contributed by atoms with van der Waals surface area (Å²) in [6, 6.07) is 24.7. The zero-order valence-electron chi connectivity index (χ0n) is 21.9. The van der Waals surface area contributed by atoms with Crippen LogP contribution in [0.2, 0.25) is 0 Å². The van der Waals surface area contributed by atoms with Crippen LogP contribution in [0.1, 0.15) is 54.8 Å². The van der Waals surface area contributed by atoms with E-state index in [-0.39, 0.29) is 30.8 Å². The van der Waals surface area contributed by atoms with Gasteiger partial charge in [0.25, 0.3) is 0 Å². The first-order valence-corrected chi connectivity index (χ1v) is 13.4. The van der Waals surface area contributed by atoms with Gasteiger partial charge in [-0.1, -0.05) is 79.9 Å². The Balaban J connectivity index is 1.51. The summed E-state index contributed by atoms with van der Waals surface area (Å²) in [6.07, 6.45) is 7.49. The molecule has 38 heavy (non-hydrogen) atoms. The Morgan fingerprint density at radius 1 is 0.974 bits per heavy atom. The average Bonchev–Trinajstić information content (AvgIpc) is 3.36. The summed E-state index contributed by atoms with van der Waals surface area (Å²) >= 11 is 0. The third-order valence-corrected chi connectivity index (χ3v) is 7.45. The van der Waals surface area contributed by atoms with Crippen LogP contribution in [-0.4, -0.2) is 34.8 Å². The summed E-state index contributed by atoms with van der Waals surface area (Å²) < 4.78 is 5.44. The summed E-state index contributed by atoms with van der Waals surface area (Å²) in [5.41, 5.74) is 3.61. The van der Waals surface area contributed by atoms with Crippen molar-refractivity contribution >= 4 is 22.7 Å². The molecule has 1 fully saturated rings. The van der Waals surface area contributed by atoms with E-state index in [1.54, 1.807) is 12.0 Å². The summed E-state index contributed by atoms with van der Waals surface area (Å²) in [5.74, 6) is 0.484. The minimum atomic E-state index is -0.748. The molecule has 2 amide bonds. The molecule has 1 aliphatic carbocycles. The number of ether oxygens (including phenoxy) is 1. The smallest absolute Gasteiger partial charge is 0.247 e. The Kier molecular flexibility index (Phi) is 8.07. The number of nitrogens with zero attached hydrogens (tertiary/aromatic N) is 1. The topological polar surface area (TPSA) is 74.4 Å². The Morgan fingerprint density at radius 3 is 2.53 bits per heavy atom. The molecule has 0 aliphatic heterocycles. The zero-order valence-corrected chi connectivity index (χ0v) is 21.9. The van der Waals surface area contributed by atoms with Crippen molar-refractivity contribution in [3.63, 3.8) is 0 Å². The lowest BCUT2D eigenvalue weighted by Crippen LogP contribution is -2.47. The minimum absolute atomic E-state index is 0.106. The summed E-state index contributed by atoms with van der Waals surface area (Å²) in [6.45, 7) is 0.288. The standard InChI is InChI=1S/C32H35N3O3/c1-38-27-16-10-11-23(19-27)22-35(30(36)20-25-21-33-29-18-9-8-17-28(25)29)31(24-12-4-2-5-13-24)32(37)34-26-14-6-3-7-15-26/h2,4-5,8-13,16-19,21,26,31,33H,3,6-7,14-15,20,22H2,1H3,(H,34,37)/t31-/m1/s1. The molecule has 1 saturated carbocycles. The first-order chi connectivity index (χ1) is 18.6. The van der Waals surface area contributed by atoms with Gasteiger partial charge in [0, 0.05) is 29.7 Å². The van der Waals surface area contributed by atoms with E-state index in [4.69, 9.17) is 4.74 Å². The fourth-order valence-corrected chi connectivity index (χ4v) is 5.47. The van der Waals surface area contributed by atoms with E-state index in [1.807, 2.05) is 85.1 Å². The molecule has 0 spiro atoms. The van der Waals surface area contributed by atoms with Crippen LogP contribution in [0.5, 0.6) is 5.75 Å². The van der Waals surface area contributed by atoms with Crippen LogP contribution in [0.4, 0.5) is 0 Å². The second-order valence-corrected chi connectivity index (χ2v) is 10.1. The number of methoxy groups -OCH3 is 1. The Labute approximate surface area is 224 Å². The maximum atomic E-state index is 14.1. The maximum Gasteiger partial charge on any atom is 0.247 e. The number of hydrogen-bond donors (Lipinski definition) is 2. The summed E-state index contributed by atoms with van der Waals surface area (Å²) in [7, 11) is 1.63. The molecule has 0 unspecified atom stereocenters. The highest BCUT2D eigenvalue weighted by molar-refractivity contribution is 5.92. The van der Waals surface area contributed by atoms with Gasteiger partial charge in [-0.15, -0.1) is 0 Å². The van der Waals surface area contributed by atoms with Crippen LogP contribution < -0.4 is 10.1 Å². The van der Waals surface area contributed by atoms with E-state index in [2.05, 4.69) is 10.3 Å². The molecule has 1 atom stereocenters. The lowest BCUT2D eigenvalue weighted by molar-refractivity contribution is -0.141. The molecule has 2 N–H and O–H groups in total. The lowest BCUT2D eigenvalue weighted by atomic mass is 9.94. The van der Waals surface area contributed by atoms with Gasteiger partial charge in [0.05, 0.1) is 13.5 Å². The van der Waals surface area contributed by atoms with Crippen molar-refractivity contribution < 1.29 is 14.3 Å².